The van der Waals surface area contributed by atoms with Crippen molar-refractivity contribution in [2.45, 2.75) is 117 Å². The second kappa shape index (κ2) is 23.4. The summed E-state index contributed by atoms with van der Waals surface area (Å²) in [4.78, 5) is 30.9. The summed E-state index contributed by atoms with van der Waals surface area (Å²) in [7, 11) is 0. The molecule has 0 saturated heterocycles. The molecule has 0 aromatic carbocycles. The van der Waals surface area contributed by atoms with Crippen LogP contribution in [0.3, 0.4) is 0 Å². The molecule has 0 aliphatic carbocycles. The van der Waals surface area contributed by atoms with Crippen molar-refractivity contribution < 1.29 is 19.5 Å². The number of amides is 2. The summed E-state index contributed by atoms with van der Waals surface area (Å²) >= 11 is 0. The Balaban J connectivity index is 0. The van der Waals surface area contributed by atoms with Crippen LogP contribution in [0.2, 0.25) is 0 Å². The fraction of sp³-hybridized carbons (Fsp3) is 0.864. The average Bonchev–Trinajstić information content (AvgIpc) is 2.62. The molecule has 0 radical (unpaired) electrons. The molecule has 0 rings (SSSR count). The van der Waals surface area contributed by atoms with Gasteiger partial charge in [0.15, 0.2) is 0 Å². The summed E-state index contributed by atoms with van der Waals surface area (Å²) in [6, 6.07) is 0. The molecule has 0 fully saturated rings. The van der Waals surface area contributed by atoms with Crippen LogP contribution in [0.25, 0.3) is 0 Å². The molecule has 0 heterocycles. The Labute approximate surface area is 172 Å². The molecule has 4 N–H and O–H groups in total. The summed E-state index contributed by atoms with van der Waals surface area (Å²) < 4.78 is 0. The molecular formula is C22H44N2O4. The molecule has 0 atom stereocenters. The van der Waals surface area contributed by atoms with E-state index in [0.717, 1.165) is 19.9 Å². The van der Waals surface area contributed by atoms with Gasteiger partial charge in [-0.1, -0.05) is 90.4 Å². The first-order valence-corrected chi connectivity index (χ1v) is 11.1. The molecule has 0 aromatic rings. The first-order chi connectivity index (χ1) is 13.4. The quantitative estimate of drug-likeness (QED) is 0.283. The molecule has 0 aliphatic rings. The van der Waals surface area contributed by atoms with Crippen LogP contribution in [0.15, 0.2) is 0 Å². The van der Waals surface area contributed by atoms with E-state index in [-0.39, 0.29) is 18.7 Å². The van der Waals surface area contributed by atoms with Crippen molar-refractivity contribution in [3.8, 4) is 0 Å². The van der Waals surface area contributed by atoms with Gasteiger partial charge in [0.1, 0.15) is 0 Å². The maximum absolute atomic E-state index is 11.4. The number of carbonyl (C=O) groups excluding carboxylic acids is 2. The Morgan fingerprint density at radius 2 is 1.07 bits per heavy atom. The minimum Gasteiger partial charge on any atom is -0.481 e. The highest BCUT2D eigenvalue weighted by Crippen LogP contribution is 2.12. The molecule has 28 heavy (non-hydrogen) atoms. The van der Waals surface area contributed by atoms with Gasteiger partial charge in [0.25, 0.3) is 5.97 Å². The van der Waals surface area contributed by atoms with Crippen molar-refractivity contribution in [1.29, 1.82) is 0 Å². The predicted octanol–water partition coefficient (Wildman–Crippen LogP) is 4.94. The van der Waals surface area contributed by atoms with Crippen molar-refractivity contribution in [2.24, 2.45) is 5.73 Å². The van der Waals surface area contributed by atoms with E-state index in [1.165, 1.54) is 83.5 Å². The maximum atomic E-state index is 11.4. The molecule has 0 saturated carbocycles. The van der Waals surface area contributed by atoms with Gasteiger partial charge in [-0.05, 0) is 6.42 Å². The first-order valence-electron chi connectivity index (χ1n) is 11.1. The standard InChI is InChI=1S/C20H40N2O2.C2H4O2/c1-2-3-4-5-6-7-8-9-10-11-12-13-14-15-18-22-20(24)17-16-19(21)23;1-2(3)4/h2-18H2,1H3,(H2,21,23)(H,22,24);1H3,(H,3,4). The Morgan fingerprint density at radius 1 is 0.714 bits per heavy atom. The zero-order valence-electron chi connectivity index (χ0n) is 18.3. The molecule has 2 amide bonds. The molecule has 0 aliphatic heterocycles. The Morgan fingerprint density at radius 3 is 1.43 bits per heavy atom. The predicted molar refractivity (Wildman–Crippen MR) is 115 cm³/mol. The highest BCUT2D eigenvalue weighted by atomic mass is 16.4. The van der Waals surface area contributed by atoms with Crippen LogP contribution in [0.5, 0.6) is 0 Å². The number of unbranched alkanes of at least 4 members (excludes halogenated alkanes) is 13. The number of hydrogen-bond acceptors (Lipinski definition) is 3. The van der Waals surface area contributed by atoms with Gasteiger partial charge < -0.3 is 16.2 Å². The summed E-state index contributed by atoms with van der Waals surface area (Å²) in [5.74, 6) is -1.31. The lowest BCUT2D eigenvalue weighted by Crippen LogP contribution is -2.25. The smallest absolute Gasteiger partial charge is 0.300 e. The van der Waals surface area contributed by atoms with Crippen LogP contribution in [-0.4, -0.2) is 29.4 Å². The molecule has 6 heteroatoms. The molecule has 166 valence electrons. The van der Waals surface area contributed by atoms with E-state index in [0.29, 0.717) is 0 Å². The van der Waals surface area contributed by atoms with E-state index in [1.807, 2.05) is 0 Å². The zero-order chi connectivity index (χ0) is 21.5. The lowest BCUT2D eigenvalue weighted by molar-refractivity contribution is -0.134. The third-order valence-corrected chi connectivity index (χ3v) is 4.45. The monoisotopic (exact) mass is 400 g/mol. The number of carboxylic acids is 1. The van der Waals surface area contributed by atoms with Crippen LogP contribution >= 0.6 is 0 Å². The molecule has 0 spiro atoms. The first kappa shape index (κ1) is 28.6. The largest absolute Gasteiger partial charge is 0.481 e. The molecular weight excluding hydrogens is 356 g/mol. The number of rotatable bonds is 18. The average molecular weight is 401 g/mol. The van der Waals surface area contributed by atoms with Gasteiger partial charge in [0.2, 0.25) is 11.8 Å². The molecule has 0 bridgehead atoms. The Hall–Kier alpha value is -1.59. The number of primary amides is 1. The summed E-state index contributed by atoms with van der Waals surface area (Å²) in [6.45, 7) is 4.07. The minimum absolute atomic E-state index is 0.0662. The number of nitrogens with one attached hydrogen (secondary N) is 1. The number of hydrogen-bond donors (Lipinski definition) is 3. The third-order valence-electron chi connectivity index (χ3n) is 4.45. The lowest BCUT2D eigenvalue weighted by Gasteiger charge is -2.05. The van der Waals surface area contributed by atoms with Crippen molar-refractivity contribution in [3.05, 3.63) is 0 Å². The maximum Gasteiger partial charge on any atom is 0.300 e. The van der Waals surface area contributed by atoms with Gasteiger partial charge in [-0.25, -0.2) is 0 Å². The lowest BCUT2D eigenvalue weighted by atomic mass is 10.0. The van der Waals surface area contributed by atoms with E-state index in [1.54, 1.807) is 0 Å². The van der Waals surface area contributed by atoms with E-state index in [2.05, 4.69) is 12.2 Å². The van der Waals surface area contributed by atoms with E-state index < -0.39 is 11.9 Å². The third kappa shape index (κ3) is 32.1. The topological polar surface area (TPSA) is 109 Å². The second-order valence-corrected chi connectivity index (χ2v) is 7.43. The van der Waals surface area contributed by atoms with Crippen LogP contribution in [0.1, 0.15) is 117 Å². The van der Waals surface area contributed by atoms with Crippen LogP contribution in [0, 0.1) is 0 Å². The second-order valence-electron chi connectivity index (χ2n) is 7.43. The van der Waals surface area contributed by atoms with Gasteiger partial charge in [-0.2, -0.15) is 0 Å². The van der Waals surface area contributed by atoms with Crippen molar-refractivity contribution in [2.75, 3.05) is 6.54 Å². The van der Waals surface area contributed by atoms with Gasteiger partial charge in [-0.3, -0.25) is 14.4 Å². The molecule has 0 unspecified atom stereocenters. The van der Waals surface area contributed by atoms with Crippen molar-refractivity contribution >= 4 is 17.8 Å². The Kier molecular flexibility index (Phi) is 24.0. The van der Waals surface area contributed by atoms with Gasteiger partial charge >= 0.3 is 0 Å². The highest BCUT2D eigenvalue weighted by molar-refractivity contribution is 5.82. The fourth-order valence-electron chi connectivity index (χ4n) is 2.87. The summed E-state index contributed by atoms with van der Waals surface area (Å²) in [5, 5.41) is 10.3. The van der Waals surface area contributed by atoms with E-state index in [4.69, 9.17) is 15.6 Å². The Bertz CT molecular complexity index is 383. The minimum atomic E-state index is -0.833. The van der Waals surface area contributed by atoms with Crippen LogP contribution in [0.4, 0.5) is 0 Å². The number of aliphatic carboxylic acids is 1. The number of carboxylic acid groups (broad SMARTS) is 1. The number of nitrogens with two attached hydrogens (primary N) is 1. The van der Waals surface area contributed by atoms with Gasteiger partial charge in [0.05, 0.1) is 0 Å². The molecule has 0 aromatic heterocycles. The SMILES string of the molecule is CC(=O)O.CCCCCCCCCCCCCCCCNC(=O)CCC(N)=O. The van der Waals surface area contributed by atoms with Gasteiger partial charge in [0, 0.05) is 26.3 Å². The highest BCUT2D eigenvalue weighted by Gasteiger charge is 2.02. The van der Waals surface area contributed by atoms with Gasteiger partial charge in [-0.15, -0.1) is 0 Å². The van der Waals surface area contributed by atoms with E-state index in [9.17, 15) is 9.59 Å². The summed E-state index contributed by atoms with van der Waals surface area (Å²) in [5.41, 5.74) is 5.01. The van der Waals surface area contributed by atoms with E-state index >= 15 is 0 Å². The van der Waals surface area contributed by atoms with Crippen LogP contribution in [-0.2, 0) is 14.4 Å². The van der Waals surface area contributed by atoms with Crippen molar-refractivity contribution in [3.63, 3.8) is 0 Å². The van der Waals surface area contributed by atoms with Crippen molar-refractivity contribution in [1.82, 2.24) is 5.32 Å². The van der Waals surface area contributed by atoms with Crippen LogP contribution < -0.4 is 11.1 Å². The fourth-order valence-corrected chi connectivity index (χ4v) is 2.87. The molecule has 6 nitrogen and oxygen atoms in total. The number of carbonyl (C=O) groups is 3. The summed E-state index contributed by atoms with van der Waals surface area (Å²) in [6.07, 6.45) is 19.1. The normalized spacial score (nSPS) is 10.1. The zero-order valence-corrected chi connectivity index (χ0v) is 18.3.